The van der Waals surface area contributed by atoms with Crippen LogP contribution in [0.4, 0.5) is 52.7 Å². The quantitative estimate of drug-likeness (QED) is 0.0733. The highest BCUT2D eigenvalue weighted by Crippen LogP contribution is 2.60. The Morgan fingerprint density at radius 3 is 0.500 bits per heavy atom. The first kappa shape index (κ1) is 69.0. The lowest BCUT2D eigenvalue weighted by Crippen LogP contribution is -2.31. The molecule has 0 aliphatic heterocycles. The van der Waals surface area contributed by atoms with Crippen molar-refractivity contribution in [3.05, 3.63) is 93.0 Å². The van der Waals surface area contributed by atoms with Gasteiger partial charge in [0.1, 0.15) is 23.0 Å². The highest BCUT2D eigenvalue weighted by atomic mass is 32.2. The Bertz CT molecular complexity index is 3170. The van der Waals surface area contributed by atoms with Gasteiger partial charge in [0.15, 0.2) is 23.0 Å². The molecule has 4 aromatic carbocycles. The van der Waals surface area contributed by atoms with Crippen molar-refractivity contribution >= 4 is 40.5 Å². The summed E-state index contributed by atoms with van der Waals surface area (Å²) in [7, 11) is -23.2. The van der Waals surface area contributed by atoms with Gasteiger partial charge in [-0.1, -0.05) is 83.1 Å². The van der Waals surface area contributed by atoms with Crippen molar-refractivity contribution < 1.29 is 122 Å². The minimum atomic E-state index is -6.72. The number of rotatable bonds is 12. The molecule has 472 valence electrons. The number of methoxy groups -OCH3 is 4. The SMILES string of the molecule is COc1cc(OS(=O)(=O)C(F)(F)F)c2cc1C(C(C)(C)C)c1cc(c(OC)cc1OS(=O)(=O)C(F)(F)F)C(C(C)(C)C)c1cc(c(OC)cc1OS(=O)(=O)C(F)(F)F)C(C(C)(C)C)c1cc(c(OC)cc1OS(=O)(=O)C(F)(F)F)C2C(C)(C)C. The summed E-state index contributed by atoms with van der Waals surface area (Å²) in [5, 5.41) is 0. The molecule has 4 atom stereocenters. The first-order valence-corrected chi connectivity index (χ1v) is 30.1. The van der Waals surface area contributed by atoms with E-state index in [0.29, 0.717) is 24.3 Å². The van der Waals surface area contributed by atoms with Crippen molar-refractivity contribution in [1.82, 2.24) is 0 Å². The minimum Gasteiger partial charge on any atom is -0.496 e. The van der Waals surface area contributed by atoms with Crippen molar-refractivity contribution in [3.8, 4) is 46.0 Å². The van der Waals surface area contributed by atoms with Gasteiger partial charge in [0.25, 0.3) is 0 Å². The summed E-state index contributed by atoms with van der Waals surface area (Å²) in [6, 6.07) is 6.53. The highest BCUT2D eigenvalue weighted by Gasteiger charge is 2.54. The van der Waals surface area contributed by atoms with Gasteiger partial charge in [-0.3, -0.25) is 0 Å². The number of hydrogen-bond acceptors (Lipinski definition) is 16. The van der Waals surface area contributed by atoms with E-state index in [1.807, 2.05) is 0 Å². The molecule has 32 heteroatoms. The van der Waals surface area contributed by atoms with E-state index in [1.165, 1.54) is 83.1 Å². The summed E-state index contributed by atoms with van der Waals surface area (Å²) >= 11 is 0. The van der Waals surface area contributed by atoms with Gasteiger partial charge in [0.2, 0.25) is 0 Å². The van der Waals surface area contributed by atoms with Crippen LogP contribution >= 0.6 is 0 Å². The molecule has 0 saturated heterocycles. The van der Waals surface area contributed by atoms with Gasteiger partial charge in [-0.15, -0.1) is 0 Å². The molecule has 0 heterocycles. The summed E-state index contributed by atoms with van der Waals surface area (Å²) < 4.78 is 322. The summed E-state index contributed by atoms with van der Waals surface area (Å²) in [6.07, 6.45) is 0. The Hall–Kier alpha value is -5.76. The third-order valence-corrected chi connectivity index (χ3v) is 17.2. The number of fused-ring (bicyclic) bond motifs is 8. The molecule has 0 fully saturated rings. The van der Waals surface area contributed by atoms with E-state index in [9.17, 15) is 86.4 Å². The molecule has 5 rings (SSSR count). The Morgan fingerprint density at radius 2 is 0.393 bits per heavy atom. The molecule has 0 radical (unpaired) electrons. The van der Waals surface area contributed by atoms with Crippen LogP contribution in [-0.2, 0) is 40.5 Å². The van der Waals surface area contributed by atoms with Crippen LogP contribution in [0, 0.1) is 21.7 Å². The average Bonchev–Trinajstić information content (AvgIpc) is 1.10. The van der Waals surface area contributed by atoms with Crippen LogP contribution in [0.1, 0.15) is 151 Å². The lowest BCUT2D eigenvalue weighted by atomic mass is 9.65. The minimum absolute atomic E-state index is 0.342. The smallest absolute Gasteiger partial charge is 0.496 e. The number of benzene rings is 4. The number of hydrogen-bond donors (Lipinski definition) is 0. The normalized spacial score (nSPS) is 18.1. The zero-order valence-corrected chi connectivity index (χ0v) is 50.9. The molecule has 16 nitrogen and oxygen atoms in total. The summed E-state index contributed by atoms with van der Waals surface area (Å²) in [5.41, 5.74) is -34.7. The second kappa shape index (κ2) is 22.2. The van der Waals surface area contributed by atoms with Gasteiger partial charge >= 0.3 is 62.5 Å². The van der Waals surface area contributed by atoms with Crippen LogP contribution in [0.15, 0.2) is 48.5 Å². The molecule has 1 aliphatic carbocycles. The van der Waals surface area contributed by atoms with E-state index in [-0.39, 0.29) is 22.3 Å². The van der Waals surface area contributed by atoms with Gasteiger partial charge in [-0.05, 0) is 45.9 Å². The first-order valence-electron chi connectivity index (χ1n) is 24.4. The summed E-state index contributed by atoms with van der Waals surface area (Å²) in [5.74, 6) is -14.1. The molecular formula is C52H60F12O16S4. The molecule has 4 unspecified atom stereocenters. The van der Waals surface area contributed by atoms with E-state index in [2.05, 4.69) is 0 Å². The van der Waals surface area contributed by atoms with E-state index in [1.54, 1.807) is 0 Å². The fourth-order valence-corrected chi connectivity index (χ4v) is 12.1. The Balaban J connectivity index is 2.38. The van der Waals surface area contributed by atoms with Gasteiger partial charge in [0.05, 0.1) is 28.4 Å². The van der Waals surface area contributed by atoms with Crippen LogP contribution in [-0.4, -0.2) is 84.1 Å². The van der Waals surface area contributed by atoms with Crippen LogP contribution in [0.2, 0.25) is 0 Å². The molecule has 0 saturated carbocycles. The molecule has 1 aliphatic rings. The number of alkyl halides is 12. The van der Waals surface area contributed by atoms with Gasteiger partial charge < -0.3 is 35.7 Å². The molecule has 8 bridgehead atoms. The van der Waals surface area contributed by atoms with Crippen molar-refractivity contribution in [1.29, 1.82) is 0 Å². The average molecular weight is 1300 g/mol. The standard InChI is InChI=1S/C52H60F12O16S4/c1-45(2,3)41-25-17-30(38(21-33(25)73-13)78-82(67,68)50(56,57)58)43(47(7,8)9)27-19-32(40(23-35(27)75-15)80-84(71,72)52(62,63)64)44(48(10,11)12)28-20-31(39(24-36(28)76-16)79-83(69,70)51(59,60)61)42(46(4,5)6)26-18-29(41)37(22-34(26)74-14)77-81(65,66)49(53,54)55/h17-24,41-44H,1-16H3. The maximum absolute atomic E-state index is 14.5. The maximum atomic E-state index is 14.5. The Labute approximate surface area is 478 Å². The fourth-order valence-electron chi connectivity index (χ4n) is 10.2. The Kier molecular flexibility index (Phi) is 18.2. The predicted octanol–water partition coefficient (Wildman–Crippen LogP) is 13.7. The second-order valence-electron chi connectivity index (χ2n) is 23.7. The molecule has 4 aromatic rings. The zero-order valence-electron chi connectivity index (χ0n) is 47.6. The van der Waals surface area contributed by atoms with Crippen LogP contribution < -0.4 is 35.7 Å². The lowest BCUT2D eigenvalue weighted by Gasteiger charge is -2.40. The van der Waals surface area contributed by atoms with Crippen molar-refractivity contribution in [2.45, 2.75) is 129 Å². The summed E-state index contributed by atoms with van der Waals surface area (Å²) in [4.78, 5) is 0. The van der Waals surface area contributed by atoms with Crippen LogP contribution in [0.5, 0.6) is 46.0 Å². The Morgan fingerprint density at radius 1 is 0.262 bits per heavy atom. The lowest BCUT2D eigenvalue weighted by molar-refractivity contribution is -0.0505. The van der Waals surface area contributed by atoms with Crippen LogP contribution in [0.3, 0.4) is 0 Å². The third kappa shape index (κ3) is 13.6. The van der Waals surface area contributed by atoms with Crippen molar-refractivity contribution in [2.24, 2.45) is 21.7 Å². The van der Waals surface area contributed by atoms with Crippen molar-refractivity contribution in [3.63, 3.8) is 0 Å². The van der Waals surface area contributed by atoms with Crippen molar-refractivity contribution in [2.75, 3.05) is 28.4 Å². The van der Waals surface area contributed by atoms with Gasteiger partial charge in [0, 0.05) is 92.4 Å². The molecular weight excluding hydrogens is 1240 g/mol. The fraction of sp³-hybridized carbons (Fsp3) is 0.538. The van der Waals surface area contributed by atoms with Gasteiger partial charge in [-0.2, -0.15) is 86.4 Å². The predicted molar refractivity (Wildman–Crippen MR) is 280 cm³/mol. The molecule has 0 N–H and O–H groups in total. The first-order chi connectivity index (χ1) is 37.5. The van der Waals surface area contributed by atoms with E-state index in [0.717, 1.165) is 52.7 Å². The second-order valence-corrected chi connectivity index (χ2v) is 29.8. The van der Waals surface area contributed by atoms with E-state index >= 15 is 0 Å². The highest BCUT2D eigenvalue weighted by molar-refractivity contribution is 7.88. The number of ether oxygens (including phenoxy) is 4. The maximum Gasteiger partial charge on any atom is 0.534 e. The van der Waals surface area contributed by atoms with E-state index in [4.69, 9.17) is 35.7 Å². The molecule has 84 heavy (non-hydrogen) atoms. The largest absolute Gasteiger partial charge is 0.534 e. The summed E-state index contributed by atoms with van der Waals surface area (Å²) in [6.45, 7) is 17.0. The topological polar surface area (TPSA) is 210 Å². The van der Waals surface area contributed by atoms with Gasteiger partial charge in [-0.25, -0.2) is 0 Å². The molecule has 0 aromatic heterocycles. The van der Waals surface area contributed by atoms with E-state index < -0.39 is 176 Å². The molecule has 0 amide bonds. The third-order valence-electron chi connectivity index (χ3n) is 13.3. The monoisotopic (exact) mass is 1300 g/mol. The van der Waals surface area contributed by atoms with Crippen LogP contribution in [0.25, 0.3) is 0 Å². The molecule has 0 spiro atoms. The zero-order chi connectivity index (χ0) is 64.9. The number of halogens is 12.